The molecule has 1 nitrogen and oxygen atoms in total. The number of hydrogen-bond donors (Lipinski definition) is 1. The van der Waals surface area contributed by atoms with Gasteiger partial charge in [-0.25, -0.2) is 0 Å². The Bertz CT molecular complexity index is 177. The SMILES string of the molecule is CNC1=C(C)CC(C)C=C1. The lowest BCUT2D eigenvalue weighted by Gasteiger charge is -2.16. The molecule has 1 rings (SSSR count). The van der Waals surface area contributed by atoms with E-state index in [4.69, 9.17) is 0 Å². The second-order valence-electron chi connectivity index (χ2n) is 2.98. The van der Waals surface area contributed by atoms with Crippen LogP contribution in [0.25, 0.3) is 0 Å². The first kappa shape index (κ1) is 7.39. The van der Waals surface area contributed by atoms with Crippen LogP contribution in [-0.2, 0) is 0 Å². The molecular weight excluding hydrogens is 122 g/mol. The molecule has 1 atom stereocenters. The van der Waals surface area contributed by atoms with E-state index in [1.165, 1.54) is 17.7 Å². The first-order chi connectivity index (χ1) is 4.74. The zero-order valence-corrected chi connectivity index (χ0v) is 6.94. The van der Waals surface area contributed by atoms with Crippen molar-refractivity contribution in [2.24, 2.45) is 5.92 Å². The van der Waals surface area contributed by atoms with Gasteiger partial charge in [-0.05, 0) is 30.9 Å². The molecule has 0 saturated heterocycles. The Kier molecular flexibility index (Phi) is 2.15. The molecular formula is C9H15N. The third kappa shape index (κ3) is 1.41. The summed E-state index contributed by atoms with van der Waals surface area (Å²) < 4.78 is 0. The molecule has 0 bridgehead atoms. The van der Waals surface area contributed by atoms with Gasteiger partial charge in [0.2, 0.25) is 0 Å². The molecule has 1 unspecified atom stereocenters. The van der Waals surface area contributed by atoms with Crippen molar-refractivity contribution in [2.45, 2.75) is 20.3 Å². The summed E-state index contributed by atoms with van der Waals surface area (Å²) in [6, 6.07) is 0. The van der Waals surface area contributed by atoms with Gasteiger partial charge in [-0.1, -0.05) is 13.0 Å². The van der Waals surface area contributed by atoms with E-state index in [1.807, 2.05) is 7.05 Å². The number of nitrogens with one attached hydrogen (secondary N) is 1. The van der Waals surface area contributed by atoms with Crippen molar-refractivity contribution in [3.8, 4) is 0 Å². The summed E-state index contributed by atoms with van der Waals surface area (Å²) in [5, 5.41) is 3.17. The van der Waals surface area contributed by atoms with Crippen molar-refractivity contribution in [3.63, 3.8) is 0 Å². The van der Waals surface area contributed by atoms with Crippen LogP contribution in [0.15, 0.2) is 23.4 Å². The number of hydrogen-bond acceptors (Lipinski definition) is 1. The van der Waals surface area contributed by atoms with E-state index in [0.717, 1.165) is 5.92 Å². The summed E-state index contributed by atoms with van der Waals surface area (Å²) in [7, 11) is 1.97. The Morgan fingerprint density at radius 3 is 2.80 bits per heavy atom. The maximum atomic E-state index is 3.17. The zero-order valence-electron chi connectivity index (χ0n) is 6.94. The standard InChI is InChI=1S/C9H15N/c1-7-4-5-9(10-3)8(2)6-7/h4-5,7,10H,6H2,1-3H3. The molecule has 0 aromatic heterocycles. The molecule has 0 amide bonds. The van der Waals surface area contributed by atoms with E-state index in [9.17, 15) is 0 Å². The molecule has 0 spiro atoms. The van der Waals surface area contributed by atoms with Crippen molar-refractivity contribution in [1.29, 1.82) is 0 Å². The third-order valence-corrected chi connectivity index (χ3v) is 1.95. The second kappa shape index (κ2) is 2.91. The monoisotopic (exact) mass is 137 g/mol. The Morgan fingerprint density at radius 2 is 2.30 bits per heavy atom. The fourth-order valence-electron chi connectivity index (χ4n) is 1.36. The fourth-order valence-corrected chi connectivity index (χ4v) is 1.36. The molecule has 0 radical (unpaired) electrons. The molecule has 0 heterocycles. The highest BCUT2D eigenvalue weighted by molar-refractivity contribution is 5.27. The van der Waals surface area contributed by atoms with Gasteiger partial charge in [0, 0.05) is 12.7 Å². The Hall–Kier alpha value is -0.720. The van der Waals surface area contributed by atoms with Crippen LogP contribution in [0.4, 0.5) is 0 Å². The minimum absolute atomic E-state index is 0.720. The molecule has 0 aromatic carbocycles. The highest BCUT2D eigenvalue weighted by Gasteiger charge is 2.07. The average molecular weight is 137 g/mol. The predicted molar refractivity (Wildman–Crippen MR) is 44.7 cm³/mol. The van der Waals surface area contributed by atoms with Gasteiger partial charge in [0.05, 0.1) is 0 Å². The molecule has 0 fully saturated rings. The maximum Gasteiger partial charge on any atom is 0.0323 e. The van der Waals surface area contributed by atoms with Gasteiger partial charge < -0.3 is 5.32 Å². The fraction of sp³-hybridized carbons (Fsp3) is 0.556. The van der Waals surface area contributed by atoms with Crippen molar-refractivity contribution in [2.75, 3.05) is 7.05 Å². The molecule has 1 aliphatic rings. The van der Waals surface area contributed by atoms with Gasteiger partial charge in [0.1, 0.15) is 0 Å². The van der Waals surface area contributed by atoms with Crippen LogP contribution in [0.2, 0.25) is 0 Å². The van der Waals surface area contributed by atoms with Gasteiger partial charge in [-0.3, -0.25) is 0 Å². The Morgan fingerprint density at radius 1 is 1.60 bits per heavy atom. The van der Waals surface area contributed by atoms with Gasteiger partial charge in [-0.15, -0.1) is 0 Å². The van der Waals surface area contributed by atoms with Gasteiger partial charge in [0.15, 0.2) is 0 Å². The molecule has 0 saturated carbocycles. The second-order valence-corrected chi connectivity index (χ2v) is 2.98. The average Bonchev–Trinajstić information content (AvgIpc) is 1.88. The van der Waals surface area contributed by atoms with Crippen LogP contribution in [0.1, 0.15) is 20.3 Å². The number of allylic oxidation sites excluding steroid dienone is 3. The summed E-state index contributed by atoms with van der Waals surface area (Å²) in [4.78, 5) is 0. The van der Waals surface area contributed by atoms with Gasteiger partial charge in [-0.2, -0.15) is 0 Å². The zero-order chi connectivity index (χ0) is 7.56. The summed E-state index contributed by atoms with van der Waals surface area (Å²) in [5.41, 5.74) is 2.76. The van der Waals surface area contributed by atoms with E-state index < -0.39 is 0 Å². The predicted octanol–water partition coefficient (Wildman–Crippen LogP) is 2.08. The first-order valence-electron chi connectivity index (χ1n) is 3.79. The molecule has 56 valence electrons. The summed E-state index contributed by atoms with van der Waals surface area (Å²) in [6.07, 6.45) is 5.62. The van der Waals surface area contributed by atoms with Gasteiger partial charge >= 0.3 is 0 Å². The van der Waals surface area contributed by atoms with Crippen LogP contribution in [0.5, 0.6) is 0 Å². The van der Waals surface area contributed by atoms with Crippen molar-refractivity contribution < 1.29 is 0 Å². The molecule has 1 heteroatoms. The largest absolute Gasteiger partial charge is 0.388 e. The van der Waals surface area contributed by atoms with Crippen molar-refractivity contribution in [1.82, 2.24) is 5.32 Å². The van der Waals surface area contributed by atoms with E-state index >= 15 is 0 Å². The minimum Gasteiger partial charge on any atom is -0.388 e. The lowest BCUT2D eigenvalue weighted by molar-refractivity contribution is 0.689. The molecule has 1 N–H and O–H groups in total. The van der Waals surface area contributed by atoms with Crippen LogP contribution in [-0.4, -0.2) is 7.05 Å². The summed E-state index contributed by atoms with van der Waals surface area (Å²) in [5.74, 6) is 0.720. The van der Waals surface area contributed by atoms with E-state index in [2.05, 4.69) is 31.3 Å². The minimum atomic E-state index is 0.720. The van der Waals surface area contributed by atoms with E-state index in [1.54, 1.807) is 0 Å². The summed E-state index contributed by atoms with van der Waals surface area (Å²) in [6.45, 7) is 4.43. The number of rotatable bonds is 1. The third-order valence-electron chi connectivity index (χ3n) is 1.95. The van der Waals surface area contributed by atoms with Crippen LogP contribution >= 0.6 is 0 Å². The highest BCUT2D eigenvalue weighted by atomic mass is 14.8. The maximum absolute atomic E-state index is 3.17. The first-order valence-corrected chi connectivity index (χ1v) is 3.79. The topological polar surface area (TPSA) is 12.0 Å². The molecule has 0 aromatic rings. The Labute approximate surface area is 62.8 Å². The number of likely N-dealkylation sites (N-methyl/N-ethyl adjacent to an activating group) is 1. The van der Waals surface area contributed by atoms with Crippen molar-refractivity contribution >= 4 is 0 Å². The normalized spacial score (nSPS) is 25.3. The summed E-state index contributed by atoms with van der Waals surface area (Å²) >= 11 is 0. The van der Waals surface area contributed by atoms with Crippen LogP contribution in [0, 0.1) is 5.92 Å². The smallest absolute Gasteiger partial charge is 0.0323 e. The van der Waals surface area contributed by atoms with Gasteiger partial charge in [0.25, 0.3) is 0 Å². The lowest BCUT2D eigenvalue weighted by Crippen LogP contribution is -2.10. The molecule has 1 aliphatic carbocycles. The molecule has 10 heavy (non-hydrogen) atoms. The highest BCUT2D eigenvalue weighted by Crippen LogP contribution is 2.20. The quantitative estimate of drug-likeness (QED) is 0.583. The van der Waals surface area contributed by atoms with E-state index in [-0.39, 0.29) is 0 Å². The van der Waals surface area contributed by atoms with Crippen LogP contribution < -0.4 is 5.32 Å². The van der Waals surface area contributed by atoms with Crippen molar-refractivity contribution in [3.05, 3.63) is 23.4 Å². The lowest BCUT2D eigenvalue weighted by atomic mass is 9.95. The van der Waals surface area contributed by atoms with Crippen LogP contribution in [0.3, 0.4) is 0 Å². The van der Waals surface area contributed by atoms with E-state index in [0.29, 0.717) is 0 Å². The Balaban J connectivity index is 2.73. The molecule has 0 aliphatic heterocycles.